The van der Waals surface area contributed by atoms with Crippen LogP contribution in [-0.4, -0.2) is 0 Å². The largest absolute Gasteiger partial charge is 0.399 e. The van der Waals surface area contributed by atoms with Gasteiger partial charge < -0.3 is 5.73 Å². The van der Waals surface area contributed by atoms with Gasteiger partial charge in [-0.1, -0.05) is 30.0 Å². The molecular formula is C14H10FN. The number of nitrogens with two attached hydrogens (primary N) is 1. The van der Waals surface area contributed by atoms with Gasteiger partial charge >= 0.3 is 0 Å². The highest BCUT2D eigenvalue weighted by Gasteiger charge is 1.98. The van der Waals surface area contributed by atoms with Crippen molar-refractivity contribution in [2.75, 3.05) is 5.73 Å². The van der Waals surface area contributed by atoms with Crippen LogP contribution in [0.15, 0.2) is 48.5 Å². The van der Waals surface area contributed by atoms with E-state index in [0.29, 0.717) is 11.3 Å². The monoisotopic (exact) mass is 211 g/mol. The lowest BCUT2D eigenvalue weighted by Crippen LogP contribution is -1.89. The summed E-state index contributed by atoms with van der Waals surface area (Å²) >= 11 is 0. The number of halogens is 1. The average molecular weight is 211 g/mol. The normalized spacial score (nSPS) is 9.31. The molecule has 2 heteroatoms. The number of nitrogen functional groups attached to an aromatic ring is 1. The minimum atomic E-state index is -0.386. The molecule has 0 unspecified atom stereocenters. The molecule has 0 saturated heterocycles. The summed E-state index contributed by atoms with van der Waals surface area (Å²) in [7, 11) is 0. The van der Waals surface area contributed by atoms with Crippen LogP contribution in [-0.2, 0) is 0 Å². The van der Waals surface area contributed by atoms with Gasteiger partial charge in [0, 0.05) is 11.3 Å². The molecule has 1 nitrogen and oxygen atoms in total. The summed E-state index contributed by atoms with van der Waals surface area (Å²) in [5.74, 6) is 5.28. The summed E-state index contributed by atoms with van der Waals surface area (Å²) < 4.78 is 13.4. The number of anilines is 1. The topological polar surface area (TPSA) is 26.0 Å². The first-order chi connectivity index (χ1) is 7.75. The zero-order valence-electron chi connectivity index (χ0n) is 8.57. The maximum Gasteiger partial charge on any atom is 0.140 e. The Morgan fingerprint density at radius 2 is 1.69 bits per heavy atom. The van der Waals surface area contributed by atoms with Crippen LogP contribution in [0.2, 0.25) is 0 Å². The second-order valence-electron chi connectivity index (χ2n) is 3.36. The van der Waals surface area contributed by atoms with Crippen LogP contribution in [0.1, 0.15) is 11.1 Å². The van der Waals surface area contributed by atoms with E-state index in [9.17, 15) is 4.39 Å². The van der Waals surface area contributed by atoms with Gasteiger partial charge in [0.2, 0.25) is 0 Å². The van der Waals surface area contributed by atoms with Gasteiger partial charge in [-0.3, -0.25) is 0 Å². The molecule has 0 radical (unpaired) electrons. The van der Waals surface area contributed by atoms with Gasteiger partial charge in [0.15, 0.2) is 0 Å². The highest BCUT2D eigenvalue weighted by Crippen LogP contribution is 2.10. The summed E-state index contributed by atoms with van der Waals surface area (Å²) in [4.78, 5) is 0. The van der Waals surface area contributed by atoms with E-state index in [0.717, 1.165) is 5.56 Å². The second-order valence-corrected chi connectivity index (χ2v) is 3.36. The fourth-order valence-corrected chi connectivity index (χ4v) is 1.29. The van der Waals surface area contributed by atoms with Gasteiger partial charge in [0.1, 0.15) is 5.82 Å². The van der Waals surface area contributed by atoms with Gasteiger partial charge in [-0.05, 0) is 30.3 Å². The first-order valence-corrected chi connectivity index (χ1v) is 4.88. The fraction of sp³-hybridized carbons (Fsp3) is 0. The molecule has 2 rings (SSSR count). The summed E-state index contributed by atoms with van der Waals surface area (Å²) in [6, 6.07) is 13.9. The summed E-state index contributed by atoms with van der Waals surface area (Å²) in [6.07, 6.45) is 0. The third-order valence-electron chi connectivity index (χ3n) is 2.11. The van der Waals surface area contributed by atoms with Crippen LogP contribution in [0.3, 0.4) is 0 Å². The van der Waals surface area contributed by atoms with Gasteiger partial charge in [0.25, 0.3) is 0 Å². The van der Waals surface area contributed by atoms with Gasteiger partial charge in [-0.15, -0.1) is 0 Å². The van der Waals surface area contributed by atoms with E-state index in [1.807, 2.05) is 30.3 Å². The molecular weight excluding hydrogens is 201 g/mol. The first kappa shape index (κ1) is 10.3. The highest BCUT2D eigenvalue weighted by atomic mass is 19.1. The molecule has 0 heterocycles. The van der Waals surface area contributed by atoms with Crippen molar-refractivity contribution in [1.82, 2.24) is 0 Å². The smallest absolute Gasteiger partial charge is 0.140 e. The predicted octanol–water partition coefficient (Wildman–Crippen LogP) is 2.81. The van der Waals surface area contributed by atoms with Crippen LogP contribution >= 0.6 is 0 Å². The van der Waals surface area contributed by atoms with Crippen molar-refractivity contribution in [2.24, 2.45) is 0 Å². The highest BCUT2D eigenvalue weighted by molar-refractivity contribution is 5.48. The minimum absolute atomic E-state index is 0.359. The van der Waals surface area contributed by atoms with Crippen LogP contribution in [0.4, 0.5) is 10.1 Å². The molecule has 0 atom stereocenters. The quantitative estimate of drug-likeness (QED) is 0.526. The number of hydrogen-bond acceptors (Lipinski definition) is 1. The molecule has 0 aliphatic carbocycles. The summed E-state index contributed by atoms with van der Waals surface area (Å²) in [6.45, 7) is 0. The maximum absolute atomic E-state index is 13.4. The third-order valence-corrected chi connectivity index (χ3v) is 2.11. The van der Waals surface area contributed by atoms with Crippen LogP contribution in [0.5, 0.6) is 0 Å². The molecule has 0 fully saturated rings. The van der Waals surface area contributed by atoms with Crippen molar-refractivity contribution in [2.45, 2.75) is 0 Å². The molecule has 0 bridgehead atoms. The third kappa shape index (κ3) is 2.40. The molecule has 2 aromatic carbocycles. The van der Waals surface area contributed by atoms with E-state index in [1.54, 1.807) is 12.1 Å². The van der Waals surface area contributed by atoms with E-state index < -0.39 is 0 Å². The Kier molecular flexibility index (Phi) is 2.88. The van der Waals surface area contributed by atoms with Crippen molar-refractivity contribution >= 4 is 5.69 Å². The number of benzene rings is 2. The minimum Gasteiger partial charge on any atom is -0.399 e. The molecule has 0 spiro atoms. The van der Waals surface area contributed by atoms with Crippen molar-refractivity contribution in [1.29, 1.82) is 0 Å². The Labute approximate surface area is 93.7 Å². The van der Waals surface area contributed by atoms with Crippen LogP contribution < -0.4 is 5.73 Å². The Balaban J connectivity index is 2.31. The molecule has 2 N–H and O–H groups in total. The molecule has 78 valence electrons. The van der Waals surface area contributed by atoms with Gasteiger partial charge in [-0.2, -0.15) is 0 Å². The van der Waals surface area contributed by atoms with E-state index in [4.69, 9.17) is 5.73 Å². The van der Waals surface area contributed by atoms with E-state index in [2.05, 4.69) is 11.8 Å². The second kappa shape index (κ2) is 4.50. The van der Waals surface area contributed by atoms with Crippen molar-refractivity contribution < 1.29 is 4.39 Å². The maximum atomic E-state index is 13.4. The molecule has 2 aromatic rings. The SMILES string of the molecule is Nc1ccc(C#Cc2ccccc2)c(F)c1. The molecule has 0 aromatic heterocycles. The Hall–Kier alpha value is -2.27. The lowest BCUT2D eigenvalue weighted by Gasteiger charge is -1.95. The van der Waals surface area contributed by atoms with Crippen molar-refractivity contribution in [3.8, 4) is 11.8 Å². The first-order valence-electron chi connectivity index (χ1n) is 4.88. The predicted molar refractivity (Wildman–Crippen MR) is 63.2 cm³/mol. The molecule has 16 heavy (non-hydrogen) atoms. The lowest BCUT2D eigenvalue weighted by molar-refractivity contribution is 0.625. The Morgan fingerprint density at radius 1 is 0.938 bits per heavy atom. The van der Waals surface area contributed by atoms with Crippen LogP contribution in [0.25, 0.3) is 0 Å². The Bertz CT molecular complexity index is 550. The van der Waals surface area contributed by atoms with Crippen molar-refractivity contribution in [3.63, 3.8) is 0 Å². The van der Waals surface area contributed by atoms with Gasteiger partial charge in [0.05, 0.1) is 5.56 Å². The zero-order valence-corrected chi connectivity index (χ0v) is 8.57. The molecule has 0 amide bonds. The fourth-order valence-electron chi connectivity index (χ4n) is 1.29. The summed E-state index contributed by atoms with van der Waals surface area (Å²) in [5, 5.41) is 0. The molecule has 0 aliphatic rings. The zero-order chi connectivity index (χ0) is 11.4. The lowest BCUT2D eigenvalue weighted by atomic mass is 10.1. The van der Waals surface area contributed by atoms with E-state index in [1.165, 1.54) is 6.07 Å². The van der Waals surface area contributed by atoms with Gasteiger partial charge in [-0.25, -0.2) is 4.39 Å². The van der Waals surface area contributed by atoms with Crippen molar-refractivity contribution in [3.05, 3.63) is 65.5 Å². The standard InChI is InChI=1S/C14H10FN/c15-14-10-13(16)9-8-12(14)7-6-11-4-2-1-3-5-11/h1-5,8-10H,16H2. The van der Waals surface area contributed by atoms with Crippen LogP contribution in [0, 0.1) is 17.7 Å². The number of hydrogen-bond donors (Lipinski definition) is 1. The van der Waals surface area contributed by atoms with E-state index in [-0.39, 0.29) is 5.82 Å². The molecule has 0 aliphatic heterocycles. The van der Waals surface area contributed by atoms with E-state index >= 15 is 0 Å². The number of rotatable bonds is 0. The Morgan fingerprint density at radius 3 is 2.38 bits per heavy atom. The summed E-state index contributed by atoms with van der Waals surface area (Å²) in [5.41, 5.74) is 7.07. The molecule has 0 saturated carbocycles. The average Bonchev–Trinajstić information content (AvgIpc) is 2.29.